The molecular weight excluding hydrogens is 246 g/mol. The summed E-state index contributed by atoms with van der Waals surface area (Å²) in [6, 6.07) is 0. The Labute approximate surface area is 114 Å². The summed E-state index contributed by atoms with van der Waals surface area (Å²) in [5.74, 6) is -0.257. The van der Waals surface area contributed by atoms with Gasteiger partial charge < -0.3 is 20.3 Å². The molecule has 1 aliphatic heterocycles. The van der Waals surface area contributed by atoms with E-state index in [0.717, 1.165) is 32.4 Å². The van der Waals surface area contributed by atoms with Crippen molar-refractivity contribution in [2.75, 3.05) is 39.8 Å². The number of piperidine rings is 1. The van der Waals surface area contributed by atoms with Gasteiger partial charge in [-0.15, -0.1) is 0 Å². The van der Waals surface area contributed by atoms with Gasteiger partial charge in [0.15, 0.2) is 0 Å². The average Bonchev–Trinajstić information content (AvgIpc) is 2.45. The Balaban J connectivity index is 2.35. The Morgan fingerprint density at radius 1 is 1.37 bits per heavy atom. The number of carbonyl (C=O) groups is 2. The van der Waals surface area contributed by atoms with E-state index in [0.29, 0.717) is 6.54 Å². The first kappa shape index (κ1) is 15.9. The van der Waals surface area contributed by atoms with Gasteiger partial charge in [-0.05, 0) is 32.4 Å². The molecule has 0 aromatic heterocycles. The Kier molecular flexibility index (Phi) is 7.43. The molecule has 19 heavy (non-hydrogen) atoms. The zero-order chi connectivity index (χ0) is 14.1. The van der Waals surface area contributed by atoms with Crippen molar-refractivity contribution in [3.63, 3.8) is 0 Å². The highest BCUT2D eigenvalue weighted by Crippen LogP contribution is 2.07. The molecule has 6 heteroatoms. The number of likely N-dealkylation sites (N-methyl/N-ethyl adjacent to an activating group) is 1. The lowest BCUT2D eigenvalue weighted by molar-refractivity contribution is -0.141. The molecule has 1 fully saturated rings. The van der Waals surface area contributed by atoms with Gasteiger partial charge >= 0.3 is 0 Å². The van der Waals surface area contributed by atoms with Crippen molar-refractivity contribution in [1.82, 2.24) is 15.5 Å². The van der Waals surface area contributed by atoms with Crippen LogP contribution in [0, 0.1) is 0 Å². The number of rotatable bonds is 7. The van der Waals surface area contributed by atoms with Gasteiger partial charge in [0.2, 0.25) is 11.8 Å². The molecule has 0 spiro atoms. The predicted molar refractivity (Wildman–Crippen MR) is 72.8 cm³/mol. The molecular formula is C13H25N3O3. The zero-order valence-electron chi connectivity index (χ0n) is 11.9. The maximum absolute atomic E-state index is 12.0. The fraction of sp³-hybridized carbons (Fsp3) is 0.846. The maximum Gasteiger partial charge on any atom is 0.249 e. The molecule has 2 N–H and O–H groups in total. The highest BCUT2D eigenvalue weighted by Gasteiger charge is 2.19. The third-order valence-corrected chi connectivity index (χ3v) is 3.19. The van der Waals surface area contributed by atoms with Gasteiger partial charge in [-0.25, -0.2) is 0 Å². The lowest BCUT2D eigenvalue weighted by Gasteiger charge is -2.25. The molecule has 0 aliphatic carbocycles. The topological polar surface area (TPSA) is 70.7 Å². The standard InChI is InChI=1S/C13H25N3O3/c1-3-8-16(9-12(17)14-2)13(18)10-19-11-4-6-15-7-5-11/h11,15H,3-10H2,1-2H3,(H,14,17). The molecule has 110 valence electrons. The number of hydrogen-bond acceptors (Lipinski definition) is 4. The Morgan fingerprint density at radius 2 is 2.05 bits per heavy atom. The van der Waals surface area contributed by atoms with Crippen LogP contribution in [0.1, 0.15) is 26.2 Å². The SMILES string of the molecule is CCCN(CC(=O)NC)C(=O)COC1CCNCC1. The van der Waals surface area contributed by atoms with Gasteiger partial charge in [-0.2, -0.15) is 0 Å². The second-order valence-electron chi connectivity index (χ2n) is 4.75. The third-order valence-electron chi connectivity index (χ3n) is 3.19. The molecule has 0 atom stereocenters. The highest BCUT2D eigenvalue weighted by atomic mass is 16.5. The molecule has 0 radical (unpaired) electrons. The van der Waals surface area contributed by atoms with Gasteiger partial charge in [0.05, 0.1) is 12.6 Å². The van der Waals surface area contributed by atoms with E-state index in [1.54, 1.807) is 11.9 Å². The lowest BCUT2D eigenvalue weighted by Crippen LogP contribution is -2.43. The van der Waals surface area contributed by atoms with Crippen LogP contribution in [0.25, 0.3) is 0 Å². The lowest BCUT2D eigenvalue weighted by atomic mass is 10.1. The monoisotopic (exact) mass is 271 g/mol. The second-order valence-corrected chi connectivity index (χ2v) is 4.75. The third kappa shape index (κ3) is 6.02. The summed E-state index contributed by atoms with van der Waals surface area (Å²) in [5, 5.41) is 5.78. The molecule has 0 unspecified atom stereocenters. The normalized spacial score (nSPS) is 16.1. The van der Waals surface area contributed by atoms with Gasteiger partial charge in [0, 0.05) is 13.6 Å². The van der Waals surface area contributed by atoms with E-state index >= 15 is 0 Å². The first-order valence-corrected chi connectivity index (χ1v) is 6.98. The van der Waals surface area contributed by atoms with E-state index in [-0.39, 0.29) is 31.1 Å². The van der Waals surface area contributed by atoms with E-state index in [1.165, 1.54) is 0 Å². The van der Waals surface area contributed by atoms with Gasteiger partial charge in [0.25, 0.3) is 0 Å². The van der Waals surface area contributed by atoms with Crippen LogP contribution < -0.4 is 10.6 Å². The zero-order valence-corrected chi connectivity index (χ0v) is 11.9. The molecule has 0 bridgehead atoms. The van der Waals surface area contributed by atoms with E-state index in [4.69, 9.17) is 4.74 Å². The first-order valence-electron chi connectivity index (χ1n) is 6.98. The van der Waals surface area contributed by atoms with Gasteiger partial charge in [-0.1, -0.05) is 6.92 Å². The number of amides is 2. The second kappa shape index (κ2) is 8.87. The van der Waals surface area contributed by atoms with Crippen LogP contribution in [0.2, 0.25) is 0 Å². The summed E-state index contributed by atoms with van der Waals surface area (Å²) in [5.41, 5.74) is 0. The summed E-state index contributed by atoms with van der Waals surface area (Å²) in [6.45, 7) is 4.63. The molecule has 2 amide bonds. The number of ether oxygens (including phenoxy) is 1. The van der Waals surface area contributed by atoms with E-state index in [2.05, 4.69) is 10.6 Å². The summed E-state index contributed by atoms with van der Waals surface area (Å²) in [6.07, 6.45) is 2.87. The largest absolute Gasteiger partial charge is 0.368 e. The van der Waals surface area contributed by atoms with Crippen molar-refractivity contribution in [2.45, 2.75) is 32.3 Å². The summed E-state index contributed by atoms with van der Waals surface area (Å²) in [7, 11) is 1.57. The Hall–Kier alpha value is -1.14. The molecule has 1 heterocycles. The molecule has 1 saturated heterocycles. The Bertz CT molecular complexity index is 291. The minimum atomic E-state index is -0.149. The molecule has 1 aliphatic rings. The van der Waals surface area contributed by atoms with Crippen molar-refractivity contribution in [3.8, 4) is 0 Å². The number of hydrogen-bond donors (Lipinski definition) is 2. The van der Waals surface area contributed by atoms with Crippen LogP contribution in [-0.4, -0.2) is 62.7 Å². The van der Waals surface area contributed by atoms with Crippen LogP contribution in [-0.2, 0) is 14.3 Å². The highest BCUT2D eigenvalue weighted by molar-refractivity contribution is 5.85. The smallest absolute Gasteiger partial charge is 0.249 e. The summed E-state index contributed by atoms with van der Waals surface area (Å²) >= 11 is 0. The predicted octanol–water partition coefficient (Wildman–Crippen LogP) is -0.260. The summed E-state index contributed by atoms with van der Waals surface area (Å²) in [4.78, 5) is 24.9. The van der Waals surface area contributed by atoms with Crippen LogP contribution in [0.5, 0.6) is 0 Å². The molecule has 0 aromatic rings. The van der Waals surface area contributed by atoms with Gasteiger partial charge in [0.1, 0.15) is 6.61 Å². The fourth-order valence-electron chi connectivity index (χ4n) is 2.06. The molecule has 0 saturated carbocycles. The molecule has 1 rings (SSSR count). The van der Waals surface area contributed by atoms with Crippen molar-refractivity contribution in [1.29, 1.82) is 0 Å². The van der Waals surface area contributed by atoms with Gasteiger partial charge in [-0.3, -0.25) is 9.59 Å². The van der Waals surface area contributed by atoms with E-state index < -0.39 is 0 Å². The van der Waals surface area contributed by atoms with Crippen molar-refractivity contribution in [3.05, 3.63) is 0 Å². The van der Waals surface area contributed by atoms with E-state index in [9.17, 15) is 9.59 Å². The molecule has 6 nitrogen and oxygen atoms in total. The first-order chi connectivity index (χ1) is 9.17. The van der Waals surface area contributed by atoms with Crippen LogP contribution in [0.3, 0.4) is 0 Å². The van der Waals surface area contributed by atoms with Crippen molar-refractivity contribution in [2.24, 2.45) is 0 Å². The van der Waals surface area contributed by atoms with Crippen molar-refractivity contribution >= 4 is 11.8 Å². The minimum Gasteiger partial charge on any atom is -0.368 e. The number of nitrogens with one attached hydrogen (secondary N) is 2. The van der Waals surface area contributed by atoms with Crippen LogP contribution in [0.4, 0.5) is 0 Å². The molecule has 0 aromatic carbocycles. The van der Waals surface area contributed by atoms with Crippen LogP contribution >= 0.6 is 0 Å². The quantitative estimate of drug-likeness (QED) is 0.669. The van der Waals surface area contributed by atoms with E-state index in [1.807, 2.05) is 6.92 Å². The van der Waals surface area contributed by atoms with Crippen molar-refractivity contribution < 1.29 is 14.3 Å². The average molecular weight is 271 g/mol. The summed E-state index contributed by atoms with van der Waals surface area (Å²) < 4.78 is 5.62. The number of nitrogens with zero attached hydrogens (tertiary/aromatic N) is 1. The number of carbonyl (C=O) groups excluding carboxylic acids is 2. The Morgan fingerprint density at radius 3 is 2.63 bits per heavy atom. The van der Waals surface area contributed by atoms with Crippen LogP contribution in [0.15, 0.2) is 0 Å². The minimum absolute atomic E-state index is 0.0711. The maximum atomic E-state index is 12.0. The fourth-order valence-corrected chi connectivity index (χ4v) is 2.06.